The average Bonchev–Trinajstić information content (AvgIpc) is 3.55. The molecule has 1 saturated carbocycles. The quantitative estimate of drug-likeness (QED) is 0.393. The highest BCUT2D eigenvalue weighted by Crippen LogP contribution is 2.44. The number of halogens is 2. The molecule has 0 unspecified atom stereocenters. The molecule has 3 heterocycles. The van der Waals surface area contributed by atoms with E-state index in [9.17, 15) is 14.4 Å². The van der Waals surface area contributed by atoms with Crippen LogP contribution in [0.1, 0.15) is 98.6 Å². The fourth-order valence-electron chi connectivity index (χ4n) is 7.67. The smallest absolute Gasteiger partial charge is 0.408 e. The van der Waals surface area contributed by atoms with Crippen LogP contribution in [0.3, 0.4) is 0 Å². The molecule has 2 aromatic rings. The number of fused-ring (bicyclic) bond motifs is 5. The Labute approximate surface area is 275 Å². The molecule has 1 N–H and O–H groups in total. The van der Waals surface area contributed by atoms with E-state index in [-0.39, 0.29) is 36.1 Å². The van der Waals surface area contributed by atoms with Crippen LogP contribution < -0.4 is 14.8 Å². The predicted octanol–water partition coefficient (Wildman–Crippen LogP) is 6.58. The maximum absolute atomic E-state index is 16.2. The number of methoxy groups -OCH3 is 1. The largest absolute Gasteiger partial charge is 0.497 e. The van der Waals surface area contributed by atoms with Gasteiger partial charge in [-0.3, -0.25) is 9.59 Å². The van der Waals surface area contributed by atoms with E-state index in [2.05, 4.69) is 15.3 Å². The molecular formula is C35H48F2N4O6. The molecule has 2 amide bonds. The van der Waals surface area contributed by atoms with E-state index >= 15 is 8.78 Å². The molecule has 2 bridgehead atoms. The minimum absolute atomic E-state index is 0.00868. The van der Waals surface area contributed by atoms with Crippen molar-refractivity contribution in [3.05, 3.63) is 23.9 Å². The number of carbonyl (C=O) groups is 3. The summed E-state index contributed by atoms with van der Waals surface area (Å²) in [6.07, 6.45) is 2.05. The molecule has 6 atom stereocenters. The van der Waals surface area contributed by atoms with Crippen molar-refractivity contribution in [3.8, 4) is 11.6 Å². The Morgan fingerprint density at radius 3 is 2.49 bits per heavy atom. The van der Waals surface area contributed by atoms with Gasteiger partial charge >= 0.3 is 6.09 Å². The lowest BCUT2D eigenvalue weighted by atomic mass is 9.85. The summed E-state index contributed by atoms with van der Waals surface area (Å²) >= 11 is 0. The molecule has 0 radical (unpaired) electrons. The van der Waals surface area contributed by atoms with Gasteiger partial charge in [0.25, 0.3) is 5.92 Å². The van der Waals surface area contributed by atoms with Crippen LogP contribution >= 0.6 is 0 Å². The van der Waals surface area contributed by atoms with E-state index in [0.29, 0.717) is 36.9 Å². The normalized spacial score (nSPS) is 30.3. The van der Waals surface area contributed by atoms with Crippen molar-refractivity contribution in [2.45, 2.75) is 123 Å². The van der Waals surface area contributed by atoms with Gasteiger partial charge in [-0.15, -0.1) is 0 Å². The molecule has 0 spiro atoms. The van der Waals surface area contributed by atoms with Gasteiger partial charge in [-0.05, 0) is 75.8 Å². The fraction of sp³-hybridized carbons (Fsp3) is 0.686. The number of ketones is 1. The number of hydrogen-bond acceptors (Lipinski definition) is 8. The van der Waals surface area contributed by atoms with Gasteiger partial charge in [-0.2, -0.15) is 8.78 Å². The minimum atomic E-state index is -3.37. The van der Waals surface area contributed by atoms with Gasteiger partial charge in [0.1, 0.15) is 23.5 Å². The molecule has 2 aliphatic heterocycles. The number of alkyl halides is 2. The predicted molar refractivity (Wildman–Crippen MR) is 171 cm³/mol. The maximum atomic E-state index is 16.2. The second-order valence-electron chi connectivity index (χ2n) is 14.7. The highest BCUT2D eigenvalue weighted by Gasteiger charge is 2.51. The van der Waals surface area contributed by atoms with Crippen LogP contribution in [0.25, 0.3) is 11.0 Å². The number of Topliss-reactive ketones (excluding diaryl/α,β-unsaturated/α-hetero) is 1. The number of nitrogens with zero attached hydrogens (tertiary/aromatic N) is 3. The van der Waals surface area contributed by atoms with Crippen LogP contribution in [-0.2, 0) is 20.2 Å². The number of rotatable bonds is 3. The second kappa shape index (κ2) is 13.1. The zero-order chi connectivity index (χ0) is 34.3. The van der Waals surface area contributed by atoms with E-state index in [4.69, 9.17) is 14.2 Å². The molecule has 258 valence electrons. The van der Waals surface area contributed by atoms with Crippen molar-refractivity contribution in [2.24, 2.45) is 17.3 Å². The third-order valence-electron chi connectivity index (χ3n) is 10.3. The van der Waals surface area contributed by atoms with Crippen LogP contribution in [0, 0.1) is 17.3 Å². The highest BCUT2D eigenvalue weighted by atomic mass is 19.3. The van der Waals surface area contributed by atoms with Crippen molar-refractivity contribution in [1.82, 2.24) is 20.2 Å². The van der Waals surface area contributed by atoms with Gasteiger partial charge < -0.3 is 24.4 Å². The van der Waals surface area contributed by atoms with Crippen LogP contribution in [0.4, 0.5) is 13.6 Å². The van der Waals surface area contributed by atoms with Gasteiger partial charge in [0.2, 0.25) is 11.8 Å². The summed E-state index contributed by atoms with van der Waals surface area (Å²) < 4.78 is 50.0. The fourth-order valence-corrected chi connectivity index (χ4v) is 7.67. The first kappa shape index (κ1) is 34.8. The topological polar surface area (TPSA) is 120 Å². The molecule has 1 aromatic carbocycles. The van der Waals surface area contributed by atoms with Crippen molar-refractivity contribution in [3.63, 3.8) is 0 Å². The Hall–Kier alpha value is -3.57. The molecule has 5 rings (SSSR count). The summed E-state index contributed by atoms with van der Waals surface area (Å²) in [6, 6.07) is 2.91. The van der Waals surface area contributed by atoms with Gasteiger partial charge in [0.05, 0.1) is 30.7 Å². The summed E-state index contributed by atoms with van der Waals surface area (Å²) in [7, 11) is 1.50. The summed E-state index contributed by atoms with van der Waals surface area (Å²) in [5, 5.41) is 2.84. The number of ether oxygens (including phenoxy) is 3. The number of aromatic nitrogens is 2. The second-order valence-corrected chi connectivity index (χ2v) is 14.7. The molecule has 1 saturated heterocycles. The van der Waals surface area contributed by atoms with Crippen molar-refractivity contribution in [1.29, 1.82) is 0 Å². The van der Waals surface area contributed by atoms with Crippen LogP contribution in [0.15, 0.2) is 18.2 Å². The molecular weight excluding hydrogens is 610 g/mol. The Bertz CT molecular complexity index is 1510. The Balaban J connectivity index is 1.62. The van der Waals surface area contributed by atoms with Gasteiger partial charge in [0.15, 0.2) is 11.5 Å². The van der Waals surface area contributed by atoms with E-state index in [1.165, 1.54) is 18.9 Å². The zero-order valence-electron chi connectivity index (χ0n) is 28.5. The van der Waals surface area contributed by atoms with Crippen LogP contribution in [-0.4, -0.2) is 70.1 Å². The van der Waals surface area contributed by atoms with Crippen molar-refractivity contribution >= 4 is 28.8 Å². The first-order valence-electron chi connectivity index (χ1n) is 16.8. The monoisotopic (exact) mass is 658 g/mol. The van der Waals surface area contributed by atoms with E-state index in [0.717, 1.165) is 12.8 Å². The first-order chi connectivity index (χ1) is 22.1. The Morgan fingerprint density at radius 2 is 1.83 bits per heavy atom. The average molecular weight is 659 g/mol. The maximum Gasteiger partial charge on any atom is 0.408 e. The first-order valence-corrected chi connectivity index (χ1v) is 16.8. The highest BCUT2D eigenvalue weighted by molar-refractivity contribution is 5.92. The lowest BCUT2D eigenvalue weighted by molar-refractivity contribution is -0.141. The third-order valence-corrected chi connectivity index (χ3v) is 10.3. The number of nitrogens with one attached hydrogen (secondary N) is 1. The minimum Gasteiger partial charge on any atom is -0.497 e. The molecule has 3 aliphatic rings. The molecule has 47 heavy (non-hydrogen) atoms. The van der Waals surface area contributed by atoms with Gasteiger partial charge in [-0.1, -0.05) is 34.1 Å². The lowest BCUT2D eigenvalue weighted by Gasteiger charge is -2.37. The number of carbonyl (C=O) groups excluding carboxylic acids is 3. The van der Waals surface area contributed by atoms with Crippen LogP contribution in [0.2, 0.25) is 0 Å². The molecule has 1 aromatic heterocycles. The number of amides is 2. The summed E-state index contributed by atoms with van der Waals surface area (Å²) in [4.78, 5) is 51.3. The zero-order valence-corrected chi connectivity index (χ0v) is 28.5. The summed E-state index contributed by atoms with van der Waals surface area (Å²) in [5.41, 5.74) is -1.51. The molecule has 1 aliphatic carbocycles. The number of alkyl carbamates (subject to hydrolysis) is 1. The lowest BCUT2D eigenvalue weighted by Crippen LogP contribution is -2.58. The molecule has 12 heteroatoms. The molecule has 2 fully saturated rings. The molecule has 10 nitrogen and oxygen atoms in total. The standard InChI is InChI=1S/C35H48F2N4O6/c1-8-23-26-19-41(27(23)20(2)42)31(43)29(33(3,4)5)40-32(44)47-34(6)16-11-13-21(34)12-9-10-17-35(36,37)28-30(46-26)39-25-18-22(45-7)14-15-24(25)38-28/h14-15,18,21,23,26-27,29H,8-13,16-17,19H2,1-7H3,(H,40,44)/t21-,23-,26+,27-,29-,34-/m1/s1. The number of benzene rings is 1. The summed E-state index contributed by atoms with van der Waals surface area (Å²) in [6.45, 7) is 10.6. The van der Waals surface area contributed by atoms with E-state index in [1.54, 1.807) is 18.2 Å². The SMILES string of the molecule is CC[C@@H]1[C@@H]2CN(C(=O)[C@H](C(C)(C)C)NC(=O)O[C@]3(C)CCC[C@H]3CCCCC(F)(F)c3nc4ccc(OC)cc4nc3O2)[C@@H]1C(C)=O. The third kappa shape index (κ3) is 7.02. The van der Waals surface area contributed by atoms with Crippen LogP contribution in [0.5, 0.6) is 11.6 Å². The van der Waals surface area contributed by atoms with E-state index < -0.39 is 65.2 Å². The van der Waals surface area contributed by atoms with Gasteiger partial charge in [0, 0.05) is 18.4 Å². The van der Waals surface area contributed by atoms with Crippen molar-refractivity contribution in [2.75, 3.05) is 13.7 Å². The Kier molecular flexibility index (Phi) is 9.72. The van der Waals surface area contributed by atoms with Gasteiger partial charge in [-0.25, -0.2) is 14.8 Å². The summed E-state index contributed by atoms with van der Waals surface area (Å²) in [5.74, 6) is -4.47. The Morgan fingerprint density at radius 1 is 1.11 bits per heavy atom. The number of hydrogen-bond donors (Lipinski definition) is 1. The van der Waals surface area contributed by atoms with E-state index in [1.807, 2.05) is 34.6 Å². The van der Waals surface area contributed by atoms with Crippen molar-refractivity contribution < 1.29 is 37.4 Å².